The van der Waals surface area contributed by atoms with Gasteiger partial charge in [-0.25, -0.2) is 0 Å². The zero-order chi connectivity index (χ0) is 13.0. The Labute approximate surface area is 98.6 Å². The molecule has 0 spiro atoms. The Morgan fingerprint density at radius 1 is 1.47 bits per heavy atom. The molecule has 1 aliphatic rings. The van der Waals surface area contributed by atoms with Gasteiger partial charge in [-0.15, -0.1) is 0 Å². The Morgan fingerprint density at radius 2 is 2.12 bits per heavy atom. The van der Waals surface area contributed by atoms with Crippen molar-refractivity contribution in [1.29, 1.82) is 0 Å². The molecule has 8 heteroatoms. The summed E-state index contributed by atoms with van der Waals surface area (Å²) in [5.41, 5.74) is 13.5. The Kier molecular flexibility index (Phi) is 5.13. The molecule has 1 saturated heterocycles. The molecule has 96 valence electrons. The molecule has 1 aliphatic heterocycles. The first-order valence-electron chi connectivity index (χ1n) is 5.20. The highest BCUT2D eigenvalue weighted by atomic mass is 16.5. The van der Waals surface area contributed by atoms with Crippen molar-refractivity contribution in [2.24, 2.45) is 10.8 Å². The molecular weight excluding hydrogens is 228 g/mol. The van der Waals surface area contributed by atoms with Gasteiger partial charge in [-0.05, 0) is 25.3 Å². The Balaban J connectivity index is 2.58. The maximum atomic E-state index is 9.60. The molecule has 5 N–H and O–H groups in total. The minimum atomic E-state index is -1.17. The number of azide groups is 1. The van der Waals surface area contributed by atoms with Crippen molar-refractivity contribution in [3.63, 3.8) is 0 Å². The summed E-state index contributed by atoms with van der Waals surface area (Å²) in [6, 6.07) is -0.628. The molecule has 2 radical (unpaired) electrons. The van der Waals surface area contributed by atoms with Gasteiger partial charge in [-0.1, -0.05) is 5.11 Å². The van der Waals surface area contributed by atoms with E-state index >= 15 is 0 Å². The number of ether oxygens (including phenoxy) is 1. The summed E-state index contributed by atoms with van der Waals surface area (Å²) in [5.74, 6) is 0. The number of aliphatic hydroxyl groups is 3. The van der Waals surface area contributed by atoms with Crippen LogP contribution in [-0.2, 0) is 4.74 Å². The molecular formula is C9H16N4O4. The molecule has 1 heterocycles. The molecule has 0 aliphatic carbocycles. The quantitative estimate of drug-likeness (QED) is 0.210. The summed E-state index contributed by atoms with van der Waals surface area (Å²) in [6.45, 7) is 5.40. The maximum absolute atomic E-state index is 9.60. The summed E-state index contributed by atoms with van der Waals surface area (Å²) in [4.78, 5) is 2.62. The second kappa shape index (κ2) is 6.15. The van der Waals surface area contributed by atoms with Gasteiger partial charge in [-0.3, -0.25) is 0 Å². The number of nitrogens with zero attached hydrogens (tertiary/aromatic N) is 3. The van der Waals surface area contributed by atoms with Gasteiger partial charge >= 0.3 is 0 Å². The molecule has 0 amide bonds. The largest absolute Gasteiger partial charge is 0.388 e. The lowest BCUT2D eigenvalue weighted by Crippen LogP contribution is -2.34. The standard InChI is InChI=1S/C9H16N4O4/c1-4-8(15)9(16)6(17-4)2-5(12-13-11)3-7(10)14/h1,4-9,14-16H,2-3,10H2/t4-,5?,6+,7?,8?,9-/m0/s1. The highest BCUT2D eigenvalue weighted by Gasteiger charge is 2.41. The molecule has 0 aromatic rings. The average molecular weight is 244 g/mol. The first-order valence-corrected chi connectivity index (χ1v) is 5.20. The van der Waals surface area contributed by atoms with Crippen LogP contribution in [0.2, 0.25) is 0 Å². The molecule has 6 atom stereocenters. The average Bonchev–Trinajstić information content (AvgIpc) is 2.46. The fourth-order valence-corrected chi connectivity index (χ4v) is 1.78. The first kappa shape index (κ1) is 14.2. The predicted molar refractivity (Wildman–Crippen MR) is 57.3 cm³/mol. The van der Waals surface area contributed by atoms with Crippen molar-refractivity contribution < 1.29 is 20.1 Å². The van der Waals surface area contributed by atoms with Gasteiger partial charge in [0.15, 0.2) is 0 Å². The fraction of sp³-hybridized carbons (Fsp3) is 0.889. The maximum Gasteiger partial charge on any atom is 0.109 e. The summed E-state index contributed by atoms with van der Waals surface area (Å²) >= 11 is 0. The van der Waals surface area contributed by atoms with Crippen LogP contribution in [0.25, 0.3) is 10.4 Å². The van der Waals surface area contributed by atoms with Crippen molar-refractivity contribution in [3.05, 3.63) is 17.4 Å². The third-order valence-corrected chi connectivity index (χ3v) is 2.63. The van der Waals surface area contributed by atoms with Crippen LogP contribution in [-0.4, -0.2) is 52.0 Å². The molecule has 1 fully saturated rings. The van der Waals surface area contributed by atoms with E-state index in [-0.39, 0.29) is 12.8 Å². The lowest BCUT2D eigenvalue weighted by Gasteiger charge is -2.19. The van der Waals surface area contributed by atoms with Crippen LogP contribution in [0.4, 0.5) is 0 Å². The number of aliphatic hydroxyl groups excluding tert-OH is 3. The lowest BCUT2D eigenvalue weighted by molar-refractivity contribution is 0.00942. The molecule has 0 aromatic heterocycles. The predicted octanol–water partition coefficient (Wildman–Crippen LogP) is -1.08. The van der Waals surface area contributed by atoms with E-state index in [0.717, 1.165) is 0 Å². The minimum Gasteiger partial charge on any atom is -0.388 e. The van der Waals surface area contributed by atoms with E-state index in [0.29, 0.717) is 0 Å². The third kappa shape index (κ3) is 3.81. The van der Waals surface area contributed by atoms with E-state index in [1.807, 2.05) is 0 Å². The fourth-order valence-electron chi connectivity index (χ4n) is 1.78. The highest BCUT2D eigenvalue weighted by Crippen LogP contribution is 2.25. The van der Waals surface area contributed by atoms with Crippen molar-refractivity contribution in [2.75, 3.05) is 0 Å². The Morgan fingerprint density at radius 3 is 2.53 bits per heavy atom. The number of hydrogen-bond donors (Lipinski definition) is 4. The summed E-state index contributed by atoms with van der Waals surface area (Å²) in [7, 11) is 0. The van der Waals surface area contributed by atoms with Gasteiger partial charge in [0, 0.05) is 11.0 Å². The van der Waals surface area contributed by atoms with Gasteiger partial charge < -0.3 is 25.8 Å². The van der Waals surface area contributed by atoms with Gasteiger partial charge in [0.2, 0.25) is 0 Å². The van der Waals surface area contributed by atoms with Crippen molar-refractivity contribution >= 4 is 0 Å². The molecule has 8 nitrogen and oxygen atoms in total. The summed E-state index contributed by atoms with van der Waals surface area (Å²) in [6.07, 6.45) is -4.97. The molecule has 1 rings (SSSR count). The van der Waals surface area contributed by atoms with Crippen LogP contribution >= 0.6 is 0 Å². The summed E-state index contributed by atoms with van der Waals surface area (Å²) < 4.78 is 5.12. The Hall–Kier alpha value is -0.890. The SMILES string of the molecule is [CH][C@@H]1O[C@H](CC(CC(N)O)N=[N+]=[N-])[C@H](O)C1O. The Bertz CT molecular complexity index is 295. The van der Waals surface area contributed by atoms with E-state index in [4.69, 9.17) is 28.0 Å². The van der Waals surface area contributed by atoms with Crippen LogP contribution < -0.4 is 5.73 Å². The van der Waals surface area contributed by atoms with E-state index in [9.17, 15) is 10.2 Å². The first-order chi connectivity index (χ1) is 7.95. The van der Waals surface area contributed by atoms with Gasteiger partial charge in [-0.2, -0.15) is 0 Å². The zero-order valence-corrected chi connectivity index (χ0v) is 9.12. The van der Waals surface area contributed by atoms with Gasteiger partial charge in [0.05, 0.1) is 12.2 Å². The van der Waals surface area contributed by atoms with Crippen molar-refractivity contribution in [3.8, 4) is 0 Å². The molecule has 0 bridgehead atoms. The topological polar surface area (TPSA) is 145 Å². The van der Waals surface area contributed by atoms with E-state index < -0.39 is 36.7 Å². The van der Waals surface area contributed by atoms with Crippen LogP contribution in [0.5, 0.6) is 0 Å². The van der Waals surface area contributed by atoms with E-state index in [1.165, 1.54) is 0 Å². The number of rotatable bonds is 5. The third-order valence-electron chi connectivity index (χ3n) is 2.63. The van der Waals surface area contributed by atoms with E-state index in [1.54, 1.807) is 0 Å². The van der Waals surface area contributed by atoms with Gasteiger partial charge in [0.1, 0.15) is 18.4 Å². The molecule has 3 unspecified atom stereocenters. The second-order valence-electron chi connectivity index (χ2n) is 4.02. The normalized spacial score (nSPS) is 36.3. The van der Waals surface area contributed by atoms with E-state index in [2.05, 4.69) is 10.0 Å². The molecule has 17 heavy (non-hydrogen) atoms. The van der Waals surface area contributed by atoms with Crippen LogP contribution in [0.3, 0.4) is 0 Å². The molecule has 0 aromatic carbocycles. The number of hydrogen-bond acceptors (Lipinski definition) is 6. The smallest absolute Gasteiger partial charge is 0.109 e. The zero-order valence-electron chi connectivity index (χ0n) is 9.12. The minimum absolute atomic E-state index is 0.0436. The molecule has 0 saturated carbocycles. The van der Waals surface area contributed by atoms with Crippen LogP contribution in [0.1, 0.15) is 12.8 Å². The van der Waals surface area contributed by atoms with Crippen molar-refractivity contribution in [1.82, 2.24) is 0 Å². The van der Waals surface area contributed by atoms with Crippen molar-refractivity contribution in [2.45, 2.75) is 49.5 Å². The second-order valence-corrected chi connectivity index (χ2v) is 4.02. The van der Waals surface area contributed by atoms with Crippen LogP contribution in [0.15, 0.2) is 5.11 Å². The summed E-state index contributed by atoms with van der Waals surface area (Å²) in [5, 5.41) is 31.4. The van der Waals surface area contributed by atoms with Gasteiger partial charge in [0.25, 0.3) is 0 Å². The number of nitrogens with two attached hydrogens (primary N) is 1. The lowest BCUT2D eigenvalue weighted by atomic mass is 10.0. The van der Waals surface area contributed by atoms with Crippen LogP contribution in [0, 0.1) is 6.92 Å². The monoisotopic (exact) mass is 244 g/mol. The highest BCUT2D eigenvalue weighted by molar-refractivity contribution is 4.93.